The maximum atomic E-state index is 12.3. The lowest BCUT2D eigenvalue weighted by atomic mass is 10.3. The molecule has 0 fully saturated rings. The molecule has 0 spiro atoms. The number of benzene rings is 2. The van der Waals surface area contributed by atoms with Crippen molar-refractivity contribution in [2.45, 2.75) is 17.1 Å². The average molecular weight is 427 g/mol. The summed E-state index contributed by atoms with van der Waals surface area (Å²) in [6.45, 7) is 1.81. The maximum absolute atomic E-state index is 12.3. The van der Waals surface area contributed by atoms with Crippen LogP contribution in [-0.2, 0) is 4.79 Å². The van der Waals surface area contributed by atoms with Crippen LogP contribution in [0.5, 0.6) is 0 Å². The second-order valence-electron chi connectivity index (χ2n) is 6.08. The molecule has 0 radical (unpaired) electrons. The number of nitrogens with one attached hydrogen (secondary N) is 3. The minimum Gasteiger partial charge on any atom is -0.310 e. The van der Waals surface area contributed by atoms with Gasteiger partial charge in [-0.15, -0.1) is 11.8 Å². The molecule has 1 aromatic heterocycles. The Bertz CT molecular complexity index is 966. The summed E-state index contributed by atoms with van der Waals surface area (Å²) >= 11 is 7.20. The monoisotopic (exact) mass is 426 g/mol. The highest BCUT2D eigenvalue weighted by Gasteiger charge is 2.15. The molecule has 3 N–H and O–H groups in total. The molecule has 3 aromatic rings. The van der Waals surface area contributed by atoms with Crippen molar-refractivity contribution in [2.24, 2.45) is 0 Å². The Labute approximate surface area is 178 Å². The molecule has 1 heterocycles. The number of rotatable bonds is 6. The highest BCUT2D eigenvalue weighted by atomic mass is 35.5. The van der Waals surface area contributed by atoms with Gasteiger partial charge in [-0.2, -0.15) is 0 Å². The van der Waals surface area contributed by atoms with Crippen LogP contribution < -0.4 is 16.0 Å². The molecule has 3 amide bonds. The first-order chi connectivity index (χ1) is 14.0. The van der Waals surface area contributed by atoms with Gasteiger partial charge in [0, 0.05) is 22.5 Å². The van der Waals surface area contributed by atoms with E-state index in [1.54, 1.807) is 24.3 Å². The van der Waals surface area contributed by atoms with Gasteiger partial charge in [0.15, 0.2) is 0 Å². The molecule has 8 heteroatoms. The number of anilines is 3. The van der Waals surface area contributed by atoms with E-state index in [1.807, 2.05) is 49.4 Å². The van der Waals surface area contributed by atoms with E-state index in [4.69, 9.17) is 11.6 Å². The Hall–Kier alpha value is -3.03. The van der Waals surface area contributed by atoms with Gasteiger partial charge in [-0.25, -0.2) is 9.78 Å². The van der Waals surface area contributed by atoms with Gasteiger partial charge in [-0.05, 0) is 55.5 Å². The van der Waals surface area contributed by atoms with E-state index in [2.05, 4.69) is 20.9 Å². The third kappa shape index (κ3) is 6.51. The zero-order chi connectivity index (χ0) is 20.6. The zero-order valence-electron chi connectivity index (χ0n) is 15.6. The standard InChI is InChI=1S/C21H19ClN4O2S/c1-14(20(27)26-19-12-7-15(22)13-23-19)29-18-10-8-17(9-11-18)25-21(28)24-16-5-3-2-4-6-16/h2-14H,1H3,(H,23,26,27)(H2,24,25,28). The van der Waals surface area contributed by atoms with Gasteiger partial charge in [0.1, 0.15) is 5.82 Å². The number of amides is 3. The number of thioether (sulfide) groups is 1. The van der Waals surface area contributed by atoms with E-state index in [0.717, 1.165) is 4.90 Å². The van der Waals surface area contributed by atoms with Crippen LogP contribution in [-0.4, -0.2) is 22.2 Å². The summed E-state index contributed by atoms with van der Waals surface area (Å²) in [6, 6.07) is 19.5. The van der Waals surface area contributed by atoms with E-state index in [-0.39, 0.29) is 17.2 Å². The van der Waals surface area contributed by atoms with Crippen molar-refractivity contribution in [1.29, 1.82) is 0 Å². The Morgan fingerprint density at radius 1 is 0.897 bits per heavy atom. The molecule has 1 unspecified atom stereocenters. The third-order valence-corrected chi connectivity index (χ3v) is 5.14. The molecule has 2 aromatic carbocycles. The summed E-state index contributed by atoms with van der Waals surface area (Å²) in [5.41, 5.74) is 1.37. The molecule has 0 saturated carbocycles. The van der Waals surface area contributed by atoms with Crippen LogP contribution in [0, 0.1) is 0 Å². The van der Waals surface area contributed by atoms with Gasteiger partial charge in [0.2, 0.25) is 5.91 Å². The van der Waals surface area contributed by atoms with Crippen molar-refractivity contribution in [3.05, 3.63) is 77.9 Å². The lowest BCUT2D eigenvalue weighted by molar-refractivity contribution is -0.115. The molecule has 0 aliphatic carbocycles. The molecule has 0 aliphatic rings. The van der Waals surface area contributed by atoms with Gasteiger partial charge in [-0.3, -0.25) is 4.79 Å². The number of hydrogen-bond acceptors (Lipinski definition) is 4. The number of hydrogen-bond donors (Lipinski definition) is 3. The molecule has 3 rings (SSSR count). The van der Waals surface area contributed by atoms with Crippen LogP contribution in [0.2, 0.25) is 5.02 Å². The van der Waals surface area contributed by atoms with Gasteiger partial charge in [0.25, 0.3) is 0 Å². The third-order valence-electron chi connectivity index (χ3n) is 3.80. The Morgan fingerprint density at radius 2 is 1.55 bits per heavy atom. The zero-order valence-corrected chi connectivity index (χ0v) is 17.1. The number of carbonyl (C=O) groups is 2. The van der Waals surface area contributed by atoms with Crippen molar-refractivity contribution >= 4 is 52.5 Å². The number of urea groups is 1. The van der Waals surface area contributed by atoms with Crippen LogP contribution in [0.4, 0.5) is 22.0 Å². The van der Waals surface area contributed by atoms with E-state index < -0.39 is 0 Å². The first kappa shape index (κ1) is 20.7. The van der Waals surface area contributed by atoms with Crippen molar-refractivity contribution in [3.8, 4) is 0 Å². The number of halogens is 1. The normalized spacial score (nSPS) is 11.4. The van der Waals surface area contributed by atoms with Crippen molar-refractivity contribution in [2.75, 3.05) is 16.0 Å². The summed E-state index contributed by atoms with van der Waals surface area (Å²) in [5.74, 6) is 0.296. The first-order valence-electron chi connectivity index (χ1n) is 8.82. The minimum absolute atomic E-state index is 0.158. The molecule has 0 saturated heterocycles. The smallest absolute Gasteiger partial charge is 0.310 e. The topological polar surface area (TPSA) is 83.1 Å². The molecular weight excluding hydrogens is 408 g/mol. The quantitative estimate of drug-likeness (QED) is 0.454. The van der Waals surface area contributed by atoms with E-state index in [1.165, 1.54) is 18.0 Å². The minimum atomic E-state index is -0.326. The second-order valence-corrected chi connectivity index (χ2v) is 7.93. The van der Waals surface area contributed by atoms with Crippen molar-refractivity contribution < 1.29 is 9.59 Å². The molecule has 0 bridgehead atoms. The lowest BCUT2D eigenvalue weighted by Gasteiger charge is -2.12. The highest BCUT2D eigenvalue weighted by Crippen LogP contribution is 2.25. The van der Waals surface area contributed by atoms with Crippen LogP contribution in [0.1, 0.15) is 6.92 Å². The van der Waals surface area contributed by atoms with Crippen molar-refractivity contribution in [3.63, 3.8) is 0 Å². The Balaban J connectivity index is 1.50. The summed E-state index contributed by atoms with van der Waals surface area (Å²) < 4.78 is 0. The fourth-order valence-electron chi connectivity index (χ4n) is 2.37. The van der Waals surface area contributed by atoms with Crippen LogP contribution in [0.15, 0.2) is 77.8 Å². The molecule has 148 valence electrons. The number of aromatic nitrogens is 1. The summed E-state index contributed by atoms with van der Waals surface area (Å²) in [5, 5.41) is 8.47. The molecule has 6 nitrogen and oxygen atoms in total. The number of nitrogens with zero attached hydrogens (tertiary/aromatic N) is 1. The number of carbonyl (C=O) groups excluding carboxylic acids is 2. The van der Waals surface area contributed by atoms with E-state index in [0.29, 0.717) is 22.2 Å². The molecule has 29 heavy (non-hydrogen) atoms. The van der Waals surface area contributed by atoms with Crippen LogP contribution in [0.25, 0.3) is 0 Å². The van der Waals surface area contributed by atoms with Gasteiger partial charge in [0.05, 0.1) is 10.3 Å². The molecular formula is C21H19ClN4O2S. The van der Waals surface area contributed by atoms with E-state index in [9.17, 15) is 9.59 Å². The second kappa shape index (κ2) is 9.95. The highest BCUT2D eigenvalue weighted by molar-refractivity contribution is 8.00. The van der Waals surface area contributed by atoms with Gasteiger partial charge >= 0.3 is 6.03 Å². The lowest BCUT2D eigenvalue weighted by Crippen LogP contribution is -2.22. The van der Waals surface area contributed by atoms with Crippen molar-refractivity contribution in [1.82, 2.24) is 4.98 Å². The fraction of sp³-hybridized carbons (Fsp3) is 0.0952. The SMILES string of the molecule is CC(Sc1ccc(NC(=O)Nc2ccccc2)cc1)C(=O)Nc1ccc(Cl)cn1. The van der Waals surface area contributed by atoms with E-state index >= 15 is 0 Å². The molecule has 1 atom stereocenters. The maximum Gasteiger partial charge on any atom is 0.323 e. The Kier molecular flexibility index (Phi) is 7.10. The van der Waals surface area contributed by atoms with Gasteiger partial charge in [-0.1, -0.05) is 29.8 Å². The fourth-order valence-corrected chi connectivity index (χ4v) is 3.35. The Morgan fingerprint density at radius 3 is 2.17 bits per heavy atom. The average Bonchev–Trinajstić information content (AvgIpc) is 2.72. The number of pyridine rings is 1. The summed E-state index contributed by atoms with van der Waals surface area (Å²) in [7, 11) is 0. The largest absolute Gasteiger partial charge is 0.323 e. The van der Waals surface area contributed by atoms with Crippen LogP contribution in [0.3, 0.4) is 0 Å². The first-order valence-corrected chi connectivity index (χ1v) is 10.1. The summed E-state index contributed by atoms with van der Waals surface area (Å²) in [4.78, 5) is 29.3. The predicted octanol–water partition coefficient (Wildman–Crippen LogP) is 5.50. The van der Waals surface area contributed by atoms with Crippen LogP contribution >= 0.6 is 23.4 Å². The number of para-hydroxylation sites is 1. The summed E-state index contributed by atoms with van der Waals surface area (Å²) in [6.07, 6.45) is 1.48. The molecule has 0 aliphatic heterocycles. The predicted molar refractivity (Wildman–Crippen MR) is 119 cm³/mol. The van der Waals surface area contributed by atoms with Gasteiger partial charge < -0.3 is 16.0 Å².